The Labute approximate surface area is 125 Å². The van der Waals surface area contributed by atoms with Gasteiger partial charge in [0.05, 0.1) is 6.61 Å². The summed E-state index contributed by atoms with van der Waals surface area (Å²) in [6, 6.07) is 6.20. The monoisotopic (exact) mass is 293 g/mol. The zero-order chi connectivity index (χ0) is 15.3. The third-order valence-electron chi connectivity index (χ3n) is 4.50. The van der Waals surface area contributed by atoms with E-state index in [4.69, 9.17) is 10.5 Å². The first-order chi connectivity index (χ1) is 10.1. The van der Waals surface area contributed by atoms with E-state index in [0.29, 0.717) is 24.5 Å². The van der Waals surface area contributed by atoms with Crippen LogP contribution in [0.2, 0.25) is 0 Å². The van der Waals surface area contributed by atoms with Crippen molar-refractivity contribution >= 4 is 5.97 Å². The molecule has 1 atom stereocenters. The summed E-state index contributed by atoms with van der Waals surface area (Å²) in [5.74, 6) is -0.215. The molecule has 116 valence electrons. The van der Waals surface area contributed by atoms with Crippen molar-refractivity contribution in [2.24, 2.45) is 11.7 Å². The molecule has 0 spiro atoms. The predicted octanol–water partition coefficient (Wildman–Crippen LogP) is 3.17. The number of halogens is 1. The minimum Gasteiger partial charge on any atom is -0.465 e. The van der Waals surface area contributed by atoms with Gasteiger partial charge >= 0.3 is 5.97 Å². The number of nitrogens with two attached hydrogens (primary N) is 1. The molecule has 0 bridgehead atoms. The molecule has 0 saturated heterocycles. The molecule has 0 aromatic heterocycles. The molecule has 0 radical (unpaired) electrons. The Bertz CT molecular complexity index is 485. The first kappa shape index (κ1) is 16.0. The van der Waals surface area contributed by atoms with E-state index in [1.165, 1.54) is 25.0 Å². The summed E-state index contributed by atoms with van der Waals surface area (Å²) in [5, 5.41) is 0. The largest absolute Gasteiger partial charge is 0.465 e. The number of hydrogen-bond donors (Lipinski definition) is 1. The number of hydrogen-bond acceptors (Lipinski definition) is 3. The van der Waals surface area contributed by atoms with Crippen molar-refractivity contribution in [3.05, 3.63) is 35.6 Å². The molecule has 3 nitrogen and oxygen atoms in total. The van der Waals surface area contributed by atoms with Crippen LogP contribution in [0.25, 0.3) is 0 Å². The molecule has 1 aromatic carbocycles. The van der Waals surface area contributed by atoms with Gasteiger partial charge in [0.15, 0.2) is 0 Å². The Morgan fingerprint density at radius 1 is 1.43 bits per heavy atom. The van der Waals surface area contributed by atoms with Crippen LogP contribution >= 0.6 is 0 Å². The Kier molecular flexibility index (Phi) is 5.34. The second-order valence-corrected chi connectivity index (χ2v) is 5.87. The molecule has 0 amide bonds. The number of rotatable bonds is 6. The summed E-state index contributed by atoms with van der Waals surface area (Å²) < 4.78 is 18.9. The molecule has 1 aromatic rings. The smallest absolute Gasteiger partial charge is 0.317 e. The summed E-state index contributed by atoms with van der Waals surface area (Å²) in [6.45, 7) is 2.23. The first-order valence-electron chi connectivity index (χ1n) is 7.75. The Morgan fingerprint density at radius 2 is 2.14 bits per heavy atom. The Hall–Kier alpha value is -1.42. The molecule has 4 heteroatoms. The van der Waals surface area contributed by atoms with Crippen molar-refractivity contribution in [3.8, 4) is 0 Å². The summed E-state index contributed by atoms with van der Waals surface area (Å²) in [6.07, 6.45) is 5.24. The van der Waals surface area contributed by atoms with Crippen molar-refractivity contribution in [2.75, 3.05) is 13.2 Å². The lowest BCUT2D eigenvalue weighted by Gasteiger charge is -2.33. The second-order valence-electron chi connectivity index (χ2n) is 5.87. The maximum atomic E-state index is 13.6. The van der Waals surface area contributed by atoms with E-state index >= 15 is 0 Å². The number of ether oxygens (including phenoxy) is 1. The first-order valence-corrected chi connectivity index (χ1v) is 7.75. The van der Waals surface area contributed by atoms with Crippen LogP contribution in [0.3, 0.4) is 0 Å². The van der Waals surface area contributed by atoms with Gasteiger partial charge in [-0.25, -0.2) is 4.39 Å². The second kappa shape index (κ2) is 7.03. The Morgan fingerprint density at radius 3 is 2.71 bits per heavy atom. The maximum Gasteiger partial charge on any atom is 0.317 e. The van der Waals surface area contributed by atoms with Gasteiger partial charge in [-0.15, -0.1) is 0 Å². The normalized spacial score (nSPS) is 18.4. The summed E-state index contributed by atoms with van der Waals surface area (Å²) in [4.78, 5) is 12.6. The van der Waals surface area contributed by atoms with Crippen LogP contribution in [0.15, 0.2) is 24.3 Å². The molecule has 0 aliphatic heterocycles. The van der Waals surface area contributed by atoms with Crippen LogP contribution in [0.5, 0.6) is 0 Å². The minimum absolute atomic E-state index is 0.145. The molecular formula is C17H24FNO2. The van der Waals surface area contributed by atoms with Crippen LogP contribution in [0, 0.1) is 11.7 Å². The topological polar surface area (TPSA) is 52.3 Å². The van der Waals surface area contributed by atoms with Crippen molar-refractivity contribution in [3.63, 3.8) is 0 Å². The fraction of sp³-hybridized carbons (Fsp3) is 0.588. The van der Waals surface area contributed by atoms with Gasteiger partial charge in [0.1, 0.15) is 11.2 Å². The molecule has 1 saturated carbocycles. The highest BCUT2D eigenvalue weighted by molar-refractivity contribution is 5.83. The molecule has 2 rings (SSSR count). The Balaban J connectivity index is 2.37. The maximum absolute atomic E-state index is 13.6. The van der Waals surface area contributed by atoms with E-state index in [0.717, 1.165) is 12.8 Å². The van der Waals surface area contributed by atoms with Gasteiger partial charge in [-0.2, -0.15) is 0 Å². The molecule has 1 aliphatic carbocycles. The van der Waals surface area contributed by atoms with E-state index in [2.05, 4.69) is 0 Å². The van der Waals surface area contributed by atoms with Crippen molar-refractivity contribution in [1.29, 1.82) is 0 Å². The quantitative estimate of drug-likeness (QED) is 0.820. The van der Waals surface area contributed by atoms with Crippen LogP contribution in [0.4, 0.5) is 4.39 Å². The average Bonchev–Trinajstić information content (AvgIpc) is 2.98. The van der Waals surface area contributed by atoms with E-state index in [9.17, 15) is 9.18 Å². The van der Waals surface area contributed by atoms with E-state index in [-0.39, 0.29) is 18.3 Å². The molecule has 1 fully saturated rings. The summed E-state index contributed by atoms with van der Waals surface area (Å²) in [7, 11) is 0. The standard InChI is InChI=1S/C17H24FNO2/c1-2-21-16(20)17(12-19,11-13-6-3-4-7-13)14-8-5-9-15(18)10-14/h5,8-10,13H,2-4,6-7,11-12,19H2,1H3. The van der Waals surface area contributed by atoms with Crippen molar-refractivity contribution in [2.45, 2.75) is 44.4 Å². The number of benzene rings is 1. The van der Waals surface area contributed by atoms with Crippen LogP contribution in [-0.4, -0.2) is 19.1 Å². The molecule has 1 unspecified atom stereocenters. The van der Waals surface area contributed by atoms with Gasteiger partial charge in [-0.3, -0.25) is 4.79 Å². The fourth-order valence-electron chi connectivity index (χ4n) is 3.37. The van der Waals surface area contributed by atoms with Gasteiger partial charge in [0.25, 0.3) is 0 Å². The lowest BCUT2D eigenvalue weighted by Crippen LogP contribution is -2.45. The highest BCUT2D eigenvalue weighted by Gasteiger charge is 2.43. The van der Waals surface area contributed by atoms with E-state index in [1.807, 2.05) is 0 Å². The highest BCUT2D eigenvalue weighted by atomic mass is 19.1. The predicted molar refractivity (Wildman–Crippen MR) is 80.3 cm³/mol. The van der Waals surface area contributed by atoms with Crippen molar-refractivity contribution in [1.82, 2.24) is 0 Å². The molecule has 1 aliphatic rings. The minimum atomic E-state index is -0.923. The zero-order valence-electron chi connectivity index (χ0n) is 12.6. The highest BCUT2D eigenvalue weighted by Crippen LogP contribution is 2.38. The van der Waals surface area contributed by atoms with Gasteiger partial charge in [0, 0.05) is 6.54 Å². The van der Waals surface area contributed by atoms with Crippen LogP contribution < -0.4 is 5.73 Å². The van der Waals surface area contributed by atoms with Crippen LogP contribution in [-0.2, 0) is 14.9 Å². The summed E-state index contributed by atoms with van der Waals surface area (Å²) >= 11 is 0. The number of carbonyl (C=O) groups excluding carboxylic acids is 1. The third kappa shape index (κ3) is 3.43. The number of carbonyl (C=O) groups is 1. The fourth-order valence-corrected chi connectivity index (χ4v) is 3.37. The van der Waals surface area contributed by atoms with Crippen molar-refractivity contribution < 1.29 is 13.9 Å². The van der Waals surface area contributed by atoms with E-state index < -0.39 is 5.41 Å². The molecule has 21 heavy (non-hydrogen) atoms. The lowest BCUT2D eigenvalue weighted by molar-refractivity contribution is -0.150. The summed E-state index contributed by atoms with van der Waals surface area (Å²) in [5.41, 5.74) is 5.69. The molecule has 2 N–H and O–H groups in total. The van der Waals surface area contributed by atoms with Gasteiger partial charge in [0.2, 0.25) is 0 Å². The zero-order valence-corrected chi connectivity index (χ0v) is 12.6. The average molecular weight is 293 g/mol. The van der Waals surface area contributed by atoms with Gasteiger partial charge in [-0.1, -0.05) is 37.8 Å². The third-order valence-corrected chi connectivity index (χ3v) is 4.50. The van der Waals surface area contributed by atoms with Gasteiger partial charge in [-0.05, 0) is 37.0 Å². The van der Waals surface area contributed by atoms with Crippen LogP contribution in [0.1, 0.15) is 44.6 Å². The SMILES string of the molecule is CCOC(=O)C(CN)(CC1CCCC1)c1cccc(F)c1. The molecular weight excluding hydrogens is 269 g/mol. The van der Waals surface area contributed by atoms with E-state index in [1.54, 1.807) is 19.1 Å². The number of esters is 1. The van der Waals surface area contributed by atoms with Gasteiger partial charge < -0.3 is 10.5 Å². The lowest BCUT2D eigenvalue weighted by atomic mass is 9.73. The molecule has 0 heterocycles.